The van der Waals surface area contributed by atoms with Crippen LogP contribution in [0.25, 0.3) is 0 Å². The maximum absolute atomic E-state index is 12.9. The first-order chi connectivity index (χ1) is 12.7. The molecule has 0 aromatic heterocycles. The van der Waals surface area contributed by atoms with Crippen LogP contribution in [-0.2, 0) is 4.79 Å². The van der Waals surface area contributed by atoms with Gasteiger partial charge >= 0.3 is 0 Å². The van der Waals surface area contributed by atoms with Gasteiger partial charge in [0.25, 0.3) is 11.6 Å². The molecule has 1 heterocycles. The lowest BCUT2D eigenvalue weighted by Crippen LogP contribution is -2.46. The van der Waals surface area contributed by atoms with Crippen molar-refractivity contribution >= 4 is 40.3 Å². The predicted octanol–water partition coefficient (Wildman–Crippen LogP) is 4.77. The number of carbonyl (C=O) groups excluding carboxylic acids is 1. The first-order valence-electron chi connectivity index (χ1n) is 8.26. The van der Waals surface area contributed by atoms with Gasteiger partial charge in [-0.05, 0) is 18.2 Å². The van der Waals surface area contributed by atoms with E-state index in [0.29, 0.717) is 22.1 Å². The van der Waals surface area contributed by atoms with E-state index in [4.69, 9.17) is 16.3 Å². The minimum absolute atomic E-state index is 0.131. The van der Waals surface area contributed by atoms with Crippen LogP contribution in [-0.4, -0.2) is 22.6 Å². The average Bonchev–Trinajstić information content (AvgIpc) is 2.61. The van der Waals surface area contributed by atoms with Crippen LogP contribution < -0.4 is 10.1 Å². The maximum Gasteiger partial charge on any atom is 0.273 e. The van der Waals surface area contributed by atoms with Gasteiger partial charge in [0.2, 0.25) is 6.10 Å². The number of hydrogen-bond acceptors (Lipinski definition) is 5. The number of carbonyl (C=O) groups is 1. The number of benzene rings is 2. The molecule has 1 amide bonds. The summed E-state index contributed by atoms with van der Waals surface area (Å²) in [5.41, 5.74) is 0.835. The molecule has 8 heteroatoms. The van der Waals surface area contributed by atoms with Crippen molar-refractivity contribution in [3.8, 4) is 5.75 Å². The summed E-state index contributed by atoms with van der Waals surface area (Å²) in [7, 11) is 0. The zero-order chi connectivity index (χ0) is 19.8. The molecule has 2 aromatic carbocycles. The van der Waals surface area contributed by atoms with Crippen molar-refractivity contribution in [3.63, 3.8) is 0 Å². The van der Waals surface area contributed by atoms with E-state index in [1.54, 1.807) is 24.3 Å². The van der Waals surface area contributed by atoms with E-state index >= 15 is 0 Å². The number of ether oxygens (including phenoxy) is 1. The van der Waals surface area contributed by atoms with Crippen molar-refractivity contribution in [1.29, 1.82) is 0 Å². The Balaban J connectivity index is 1.98. The molecular weight excluding hydrogens is 370 g/mol. The second-order valence-electron chi connectivity index (χ2n) is 7.12. The molecule has 0 spiro atoms. The third-order valence-electron chi connectivity index (χ3n) is 4.03. The fourth-order valence-corrected chi connectivity index (χ4v) is 2.86. The van der Waals surface area contributed by atoms with E-state index in [0.717, 1.165) is 0 Å². The van der Waals surface area contributed by atoms with Crippen LogP contribution in [0.3, 0.4) is 0 Å². The van der Waals surface area contributed by atoms with Crippen molar-refractivity contribution in [3.05, 3.63) is 57.6 Å². The molecule has 0 saturated carbocycles. The van der Waals surface area contributed by atoms with Gasteiger partial charge in [-0.1, -0.05) is 44.5 Å². The van der Waals surface area contributed by atoms with E-state index in [9.17, 15) is 14.9 Å². The Hall–Kier alpha value is -2.93. The molecule has 7 nitrogen and oxygen atoms in total. The van der Waals surface area contributed by atoms with E-state index < -0.39 is 22.3 Å². The Morgan fingerprint density at radius 3 is 2.59 bits per heavy atom. The number of hydrogen-bond donors (Lipinski definition) is 1. The van der Waals surface area contributed by atoms with Crippen molar-refractivity contribution < 1.29 is 14.5 Å². The number of nitro benzene ring substituents is 1. The highest BCUT2D eigenvalue weighted by molar-refractivity contribution is 6.34. The van der Waals surface area contributed by atoms with Crippen molar-refractivity contribution in [2.45, 2.75) is 26.9 Å². The van der Waals surface area contributed by atoms with Crippen LogP contribution in [0, 0.1) is 15.5 Å². The molecule has 3 rings (SSSR count). The van der Waals surface area contributed by atoms with E-state index in [1.807, 2.05) is 20.8 Å². The summed E-state index contributed by atoms with van der Waals surface area (Å²) >= 11 is 6.11. The third-order valence-corrected chi connectivity index (χ3v) is 4.36. The molecule has 0 bridgehead atoms. The van der Waals surface area contributed by atoms with Crippen molar-refractivity contribution in [2.24, 2.45) is 10.4 Å². The second-order valence-corrected chi connectivity index (χ2v) is 7.53. The molecule has 0 aliphatic carbocycles. The zero-order valence-electron chi connectivity index (χ0n) is 15.0. The van der Waals surface area contributed by atoms with Gasteiger partial charge in [-0.25, -0.2) is 4.99 Å². The first-order valence-corrected chi connectivity index (χ1v) is 8.64. The Kier molecular flexibility index (Phi) is 4.89. The van der Waals surface area contributed by atoms with E-state index in [1.165, 1.54) is 18.2 Å². The van der Waals surface area contributed by atoms with Crippen LogP contribution in [0.15, 0.2) is 47.5 Å². The number of non-ortho nitro benzene ring substituents is 1. The van der Waals surface area contributed by atoms with Gasteiger partial charge in [-0.3, -0.25) is 14.9 Å². The topological polar surface area (TPSA) is 93.8 Å². The number of amides is 1. The third kappa shape index (κ3) is 3.93. The lowest BCUT2D eigenvalue weighted by atomic mass is 9.85. The standard InChI is InChI=1S/C19H18ClN3O4/c1-19(2,3)17-16(18(24)22-13-7-5-4-6-12(13)20)27-15-10-11(23(25)26)8-9-14(15)21-17/h4-10,16H,1-3H3,(H,22,24). The van der Waals surface area contributed by atoms with Gasteiger partial charge in [0.05, 0.1) is 27.4 Å². The molecule has 1 unspecified atom stereocenters. The smallest absolute Gasteiger partial charge is 0.273 e. The predicted molar refractivity (Wildman–Crippen MR) is 104 cm³/mol. The van der Waals surface area contributed by atoms with Crippen molar-refractivity contribution in [2.75, 3.05) is 5.32 Å². The minimum atomic E-state index is -1.03. The molecule has 1 aliphatic heterocycles. The highest BCUT2D eigenvalue weighted by atomic mass is 35.5. The zero-order valence-corrected chi connectivity index (χ0v) is 15.8. The fraction of sp³-hybridized carbons (Fsp3) is 0.263. The van der Waals surface area contributed by atoms with E-state index in [2.05, 4.69) is 10.3 Å². The molecule has 140 valence electrons. The Bertz CT molecular complexity index is 950. The molecular formula is C19H18ClN3O4. The summed E-state index contributed by atoms with van der Waals surface area (Å²) in [5.74, 6) is -0.259. The second kappa shape index (κ2) is 7.00. The summed E-state index contributed by atoms with van der Waals surface area (Å²) in [5, 5.41) is 14.2. The van der Waals surface area contributed by atoms with Crippen LogP contribution >= 0.6 is 11.6 Å². The van der Waals surface area contributed by atoms with Gasteiger partial charge in [0.1, 0.15) is 5.69 Å². The normalized spacial score (nSPS) is 16.0. The molecule has 1 atom stereocenters. The number of anilines is 1. The van der Waals surface area contributed by atoms with Gasteiger partial charge in [0, 0.05) is 11.5 Å². The Morgan fingerprint density at radius 1 is 1.26 bits per heavy atom. The summed E-state index contributed by atoms with van der Waals surface area (Å²) in [6.07, 6.45) is -1.03. The van der Waals surface area contributed by atoms with Crippen LogP contribution in [0.1, 0.15) is 20.8 Å². The molecule has 27 heavy (non-hydrogen) atoms. The number of aliphatic imine (C=N–C) groups is 1. The number of rotatable bonds is 3. The monoisotopic (exact) mass is 387 g/mol. The van der Waals surface area contributed by atoms with Gasteiger partial charge in [-0.2, -0.15) is 0 Å². The number of fused-ring (bicyclic) bond motifs is 1. The molecule has 0 saturated heterocycles. The first kappa shape index (κ1) is 18.8. The summed E-state index contributed by atoms with van der Waals surface area (Å²) < 4.78 is 5.85. The highest BCUT2D eigenvalue weighted by Crippen LogP contribution is 2.39. The number of para-hydroxylation sites is 1. The molecule has 1 aliphatic rings. The Labute approximate surface area is 161 Å². The lowest BCUT2D eigenvalue weighted by Gasteiger charge is -2.32. The summed E-state index contributed by atoms with van der Waals surface area (Å²) in [6.45, 7) is 5.75. The van der Waals surface area contributed by atoms with Gasteiger partial charge in [-0.15, -0.1) is 0 Å². The number of nitrogens with zero attached hydrogens (tertiary/aromatic N) is 2. The highest BCUT2D eigenvalue weighted by Gasteiger charge is 2.38. The average molecular weight is 388 g/mol. The van der Waals surface area contributed by atoms with E-state index in [-0.39, 0.29) is 11.4 Å². The Morgan fingerprint density at radius 2 is 1.96 bits per heavy atom. The molecule has 0 fully saturated rings. The summed E-state index contributed by atoms with van der Waals surface area (Å²) in [6, 6.07) is 11.0. The van der Waals surface area contributed by atoms with Crippen LogP contribution in [0.5, 0.6) is 5.75 Å². The van der Waals surface area contributed by atoms with Gasteiger partial charge in [0.15, 0.2) is 5.75 Å². The molecule has 1 N–H and O–H groups in total. The minimum Gasteiger partial charge on any atom is -0.472 e. The number of halogens is 1. The van der Waals surface area contributed by atoms with Crippen LogP contribution in [0.4, 0.5) is 17.1 Å². The number of nitro groups is 1. The van der Waals surface area contributed by atoms with Crippen LogP contribution in [0.2, 0.25) is 5.02 Å². The fourth-order valence-electron chi connectivity index (χ4n) is 2.67. The largest absolute Gasteiger partial charge is 0.472 e. The maximum atomic E-state index is 12.9. The van der Waals surface area contributed by atoms with Gasteiger partial charge < -0.3 is 10.1 Å². The van der Waals surface area contributed by atoms with Crippen molar-refractivity contribution in [1.82, 2.24) is 0 Å². The molecule has 2 aromatic rings. The SMILES string of the molecule is CC(C)(C)C1=Nc2ccc([N+](=O)[O-])cc2OC1C(=O)Nc1ccccc1Cl. The molecule has 0 radical (unpaired) electrons. The lowest BCUT2D eigenvalue weighted by molar-refractivity contribution is -0.384. The number of nitrogens with one attached hydrogen (secondary N) is 1. The quantitative estimate of drug-likeness (QED) is 0.606. The summed E-state index contributed by atoms with van der Waals surface area (Å²) in [4.78, 5) is 28.0.